The molecule has 0 unspecified atom stereocenters. The summed E-state index contributed by atoms with van der Waals surface area (Å²) in [6, 6.07) is 0.152. The lowest BCUT2D eigenvalue weighted by Gasteiger charge is -2.28. The van der Waals surface area contributed by atoms with Crippen LogP contribution in [0.25, 0.3) is 0 Å². The van der Waals surface area contributed by atoms with Gasteiger partial charge in [-0.2, -0.15) is 0 Å². The van der Waals surface area contributed by atoms with Gasteiger partial charge in [0.25, 0.3) is 0 Å². The van der Waals surface area contributed by atoms with Gasteiger partial charge in [-0.05, 0) is 24.8 Å². The minimum absolute atomic E-state index is 0.152. The largest absolute Gasteiger partial charge is 0.478 e. The zero-order valence-corrected chi connectivity index (χ0v) is 12.0. The molecule has 93 valence electrons. The van der Waals surface area contributed by atoms with E-state index >= 15 is 0 Å². The van der Waals surface area contributed by atoms with E-state index in [4.69, 9.17) is 9.47 Å². The van der Waals surface area contributed by atoms with Gasteiger partial charge in [0.15, 0.2) is 5.90 Å². The van der Waals surface area contributed by atoms with Crippen LogP contribution >= 0.6 is 0 Å². The van der Waals surface area contributed by atoms with Crippen LogP contribution in [0.1, 0.15) is 0 Å². The fourth-order valence-electron chi connectivity index (χ4n) is 2.10. The Bertz CT molecular complexity index is 298. The Morgan fingerprint density at radius 2 is 2.18 bits per heavy atom. The van der Waals surface area contributed by atoms with Gasteiger partial charge in [-0.1, -0.05) is 19.6 Å². The van der Waals surface area contributed by atoms with E-state index < -0.39 is 8.07 Å². The van der Waals surface area contributed by atoms with E-state index in [0.29, 0.717) is 13.2 Å². The van der Waals surface area contributed by atoms with Gasteiger partial charge in [-0.15, -0.1) is 0 Å². The van der Waals surface area contributed by atoms with Crippen molar-refractivity contribution in [3.8, 4) is 0 Å². The summed E-state index contributed by atoms with van der Waals surface area (Å²) in [6.45, 7) is 8.29. The van der Waals surface area contributed by atoms with E-state index in [-0.39, 0.29) is 6.04 Å². The molecule has 0 aromatic heterocycles. The van der Waals surface area contributed by atoms with Crippen LogP contribution in [-0.2, 0) is 9.47 Å². The molecule has 1 aliphatic heterocycles. The molecule has 0 spiro atoms. The number of hydrogen-bond acceptors (Lipinski definition) is 3. The van der Waals surface area contributed by atoms with Crippen molar-refractivity contribution >= 4 is 14.0 Å². The molecule has 1 atom stereocenters. The third-order valence-electron chi connectivity index (χ3n) is 2.93. The lowest BCUT2D eigenvalue weighted by molar-refractivity contribution is 0.164. The van der Waals surface area contributed by atoms with E-state index in [1.165, 1.54) is 11.5 Å². The Labute approximate surface area is 106 Å². The van der Waals surface area contributed by atoms with E-state index in [1.807, 2.05) is 0 Å². The van der Waals surface area contributed by atoms with Crippen molar-refractivity contribution in [3.05, 3.63) is 30.7 Å². The van der Waals surface area contributed by atoms with Crippen LogP contribution in [0.2, 0.25) is 19.6 Å². The normalized spacial score (nSPS) is 27.3. The zero-order valence-electron chi connectivity index (χ0n) is 11.0. The predicted octanol–water partition coefficient (Wildman–Crippen LogP) is 2.08. The Morgan fingerprint density at radius 1 is 1.41 bits per heavy atom. The molecule has 0 amide bonds. The smallest absolute Gasteiger partial charge is 0.191 e. The molecule has 17 heavy (non-hydrogen) atoms. The first-order chi connectivity index (χ1) is 8.02. The van der Waals surface area contributed by atoms with Crippen LogP contribution in [-0.4, -0.2) is 40.3 Å². The van der Waals surface area contributed by atoms with Crippen LogP contribution < -0.4 is 0 Å². The summed E-state index contributed by atoms with van der Waals surface area (Å²) in [6.07, 6.45) is 6.41. The Morgan fingerprint density at radius 3 is 2.82 bits per heavy atom. The van der Waals surface area contributed by atoms with Crippen LogP contribution in [0.3, 0.4) is 0 Å². The third-order valence-corrected chi connectivity index (χ3v) is 4.98. The molecule has 0 N–H and O–H groups in total. The second kappa shape index (κ2) is 5.10. The van der Waals surface area contributed by atoms with Crippen molar-refractivity contribution in [1.82, 2.24) is 0 Å². The van der Waals surface area contributed by atoms with E-state index in [0.717, 1.165) is 5.90 Å². The lowest BCUT2D eigenvalue weighted by Crippen LogP contribution is -2.35. The Balaban J connectivity index is 2.05. The summed E-state index contributed by atoms with van der Waals surface area (Å²) >= 11 is 0. The minimum atomic E-state index is -1.33. The molecule has 0 bridgehead atoms. The van der Waals surface area contributed by atoms with E-state index in [9.17, 15) is 0 Å². The number of nitrogens with zero attached hydrogens (tertiary/aromatic N) is 1. The van der Waals surface area contributed by atoms with Crippen molar-refractivity contribution in [2.45, 2.75) is 25.7 Å². The van der Waals surface area contributed by atoms with Crippen LogP contribution in [0, 0.1) is 30.7 Å². The fourth-order valence-corrected chi connectivity index (χ4v) is 3.70. The Kier molecular flexibility index (Phi) is 3.93. The molecule has 3 nitrogen and oxygen atoms in total. The number of rotatable bonds is 4. The van der Waals surface area contributed by atoms with Gasteiger partial charge < -0.3 is 9.47 Å². The fraction of sp³-hybridized carbons (Fsp3) is 0.538. The van der Waals surface area contributed by atoms with Crippen LogP contribution in [0.5, 0.6) is 0 Å². The molecule has 4 heteroatoms. The number of aliphatic imine (C=N–C) groups is 1. The number of methoxy groups -OCH3 is 1. The van der Waals surface area contributed by atoms with Crippen molar-refractivity contribution in [2.24, 2.45) is 4.99 Å². The SMILES string of the molecule is COC[C@H]1COC([C]2[CH][CH][CH][C]2[Si](C)(C)C)=N1. The summed E-state index contributed by atoms with van der Waals surface area (Å²) in [5, 5.41) is 0. The average Bonchev–Trinajstić information content (AvgIpc) is 2.82. The standard InChI is InChI=1S/C13H20NO2Si/c1-15-8-10-9-16-13(14-10)11-6-5-7-12(11)17(2,3)4/h5-7,10H,8-9H2,1-4H3/t10-/m0/s1. The van der Waals surface area contributed by atoms with Gasteiger partial charge in [0.2, 0.25) is 0 Å². The highest BCUT2D eigenvalue weighted by Crippen LogP contribution is 2.41. The molecule has 1 fully saturated rings. The first-order valence-corrected chi connectivity index (χ1v) is 9.48. The topological polar surface area (TPSA) is 30.8 Å². The molecule has 1 saturated carbocycles. The quantitative estimate of drug-likeness (QED) is 0.715. The highest BCUT2D eigenvalue weighted by Gasteiger charge is 2.43. The van der Waals surface area contributed by atoms with Crippen molar-refractivity contribution < 1.29 is 9.47 Å². The maximum Gasteiger partial charge on any atom is 0.191 e. The predicted molar refractivity (Wildman–Crippen MR) is 71.8 cm³/mol. The molecule has 1 heterocycles. The first-order valence-electron chi connectivity index (χ1n) is 5.98. The van der Waals surface area contributed by atoms with Gasteiger partial charge in [0, 0.05) is 7.11 Å². The summed E-state index contributed by atoms with van der Waals surface area (Å²) < 4.78 is 10.8. The molecule has 0 aromatic carbocycles. The van der Waals surface area contributed by atoms with Crippen molar-refractivity contribution in [1.29, 1.82) is 0 Å². The van der Waals surface area contributed by atoms with Gasteiger partial charge in [0.1, 0.15) is 12.6 Å². The van der Waals surface area contributed by atoms with Gasteiger partial charge in [-0.3, -0.25) is 0 Å². The van der Waals surface area contributed by atoms with Crippen molar-refractivity contribution in [2.75, 3.05) is 20.3 Å². The minimum Gasteiger partial charge on any atom is -0.478 e. The third kappa shape index (κ3) is 2.91. The summed E-state index contributed by atoms with van der Waals surface area (Å²) in [5.41, 5.74) is 1.43. The highest BCUT2D eigenvalue weighted by atomic mass is 28.3. The first kappa shape index (κ1) is 13.1. The number of ether oxygens (including phenoxy) is 2. The van der Waals surface area contributed by atoms with E-state index in [2.05, 4.69) is 43.9 Å². The maximum absolute atomic E-state index is 5.69. The highest BCUT2D eigenvalue weighted by molar-refractivity contribution is 6.83. The van der Waals surface area contributed by atoms with Crippen molar-refractivity contribution in [3.63, 3.8) is 0 Å². The second-order valence-corrected chi connectivity index (χ2v) is 10.5. The molecular formula is C13H20NO2Si. The lowest BCUT2D eigenvalue weighted by atomic mass is 10.1. The molecule has 0 saturated heterocycles. The molecule has 0 aromatic rings. The number of hydrogen-bond donors (Lipinski definition) is 0. The maximum atomic E-state index is 5.69. The van der Waals surface area contributed by atoms with E-state index in [1.54, 1.807) is 7.11 Å². The van der Waals surface area contributed by atoms with Gasteiger partial charge in [-0.25, -0.2) is 4.99 Å². The molecule has 5 radical (unpaired) electrons. The molecular weight excluding hydrogens is 230 g/mol. The summed E-state index contributed by atoms with van der Waals surface area (Å²) in [7, 11) is 0.372. The molecule has 2 aliphatic rings. The molecule has 2 rings (SSSR count). The molecule has 1 aliphatic carbocycles. The monoisotopic (exact) mass is 250 g/mol. The van der Waals surface area contributed by atoms with Crippen LogP contribution in [0.4, 0.5) is 0 Å². The van der Waals surface area contributed by atoms with Gasteiger partial charge in [0.05, 0.1) is 20.6 Å². The summed E-state index contributed by atoms with van der Waals surface area (Å²) in [5.74, 6) is 1.98. The Hall–Kier alpha value is -0.353. The zero-order chi connectivity index (χ0) is 12.5. The summed E-state index contributed by atoms with van der Waals surface area (Å²) in [4.78, 5) is 4.59. The average molecular weight is 250 g/mol. The second-order valence-electron chi connectivity index (χ2n) is 5.46. The van der Waals surface area contributed by atoms with Gasteiger partial charge >= 0.3 is 0 Å². The van der Waals surface area contributed by atoms with Crippen LogP contribution in [0.15, 0.2) is 4.99 Å².